The third kappa shape index (κ3) is 3.58. The van der Waals surface area contributed by atoms with Crippen LogP contribution in [0.3, 0.4) is 0 Å². The summed E-state index contributed by atoms with van der Waals surface area (Å²) in [6.07, 6.45) is 0.330. The second-order valence-electron chi connectivity index (χ2n) is 6.29. The maximum atomic E-state index is 12.0. The van der Waals surface area contributed by atoms with Crippen LogP contribution in [0.4, 0.5) is 5.69 Å². The first-order valence-corrected chi connectivity index (χ1v) is 6.90. The van der Waals surface area contributed by atoms with Crippen LogP contribution in [0.1, 0.15) is 27.2 Å². The van der Waals surface area contributed by atoms with Gasteiger partial charge in [0.15, 0.2) is 0 Å². The zero-order valence-electron chi connectivity index (χ0n) is 12.3. The average Bonchev–Trinajstić information content (AvgIpc) is 2.37. The molecule has 2 aromatic rings. The Morgan fingerprint density at radius 1 is 1.15 bits per heavy atom. The molecule has 20 heavy (non-hydrogen) atoms. The van der Waals surface area contributed by atoms with Gasteiger partial charge >= 0.3 is 0 Å². The first kappa shape index (κ1) is 14.5. The lowest BCUT2D eigenvalue weighted by molar-refractivity contribution is -0.117. The molecule has 106 valence electrons. The molecule has 0 radical (unpaired) electrons. The number of nitrogens with one attached hydrogen (secondary N) is 1. The van der Waals surface area contributed by atoms with E-state index in [1.807, 2.05) is 57.2 Å². The molecule has 0 saturated heterocycles. The van der Waals surface area contributed by atoms with E-state index in [1.165, 1.54) is 0 Å². The minimum absolute atomic E-state index is 0.0392. The van der Waals surface area contributed by atoms with E-state index in [0.717, 1.165) is 16.5 Å². The van der Waals surface area contributed by atoms with Gasteiger partial charge in [-0.25, -0.2) is 0 Å². The standard InChI is InChI=1S/C17H22N2O/c1-17(2,3)15(18)11-16(20)19-14-9-8-12-6-4-5-7-13(12)10-14/h4-10,15H,11,18H2,1-3H3,(H,19,20). The van der Waals surface area contributed by atoms with E-state index in [0.29, 0.717) is 6.42 Å². The third-order valence-corrected chi connectivity index (χ3v) is 3.55. The van der Waals surface area contributed by atoms with Gasteiger partial charge in [-0.05, 0) is 28.3 Å². The highest BCUT2D eigenvalue weighted by molar-refractivity contribution is 5.94. The highest BCUT2D eigenvalue weighted by Gasteiger charge is 2.23. The van der Waals surface area contributed by atoms with Crippen LogP contribution in [0.5, 0.6) is 0 Å². The van der Waals surface area contributed by atoms with E-state index in [9.17, 15) is 4.79 Å². The molecule has 3 heteroatoms. The van der Waals surface area contributed by atoms with Crippen LogP contribution in [-0.2, 0) is 4.79 Å². The number of carbonyl (C=O) groups is 1. The first-order chi connectivity index (χ1) is 9.36. The number of rotatable bonds is 3. The van der Waals surface area contributed by atoms with Crippen molar-refractivity contribution in [3.05, 3.63) is 42.5 Å². The predicted molar refractivity (Wildman–Crippen MR) is 84.6 cm³/mol. The maximum Gasteiger partial charge on any atom is 0.225 e. The van der Waals surface area contributed by atoms with E-state index in [1.54, 1.807) is 0 Å². The van der Waals surface area contributed by atoms with Crippen molar-refractivity contribution in [2.45, 2.75) is 33.2 Å². The lowest BCUT2D eigenvalue weighted by Gasteiger charge is -2.26. The molecule has 0 spiro atoms. The molecule has 3 N–H and O–H groups in total. The normalized spacial score (nSPS) is 13.2. The number of hydrogen-bond donors (Lipinski definition) is 2. The van der Waals surface area contributed by atoms with E-state index in [4.69, 9.17) is 5.73 Å². The van der Waals surface area contributed by atoms with Gasteiger partial charge in [-0.2, -0.15) is 0 Å². The summed E-state index contributed by atoms with van der Waals surface area (Å²) in [5.74, 6) is -0.0392. The zero-order valence-corrected chi connectivity index (χ0v) is 12.3. The Balaban J connectivity index is 2.06. The molecule has 0 aromatic heterocycles. The summed E-state index contributed by atoms with van der Waals surface area (Å²) in [6, 6.07) is 13.8. The summed E-state index contributed by atoms with van der Waals surface area (Å²) >= 11 is 0. The van der Waals surface area contributed by atoms with E-state index >= 15 is 0 Å². The second kappa shape index (κ2) is 5.63. The van der Waals surface area contributed by atoms with Gasteiger partial charge in [-0.1, -0.05) is 51.1 Å². The molecule has 1 unspecified atom stereocenters. The molecule has 1 atom stereocenters. The molecule has 0 fully saturated rings. The summed E-state index contributed by atoms with van der Waals surface area (Å²) in [7, 11) is 0. The van der Waals surface area contributed by atoms with Gasteiger partial charge in [0.25, 0.3) is 0 Å². The number of carbonyl (C=O) groups excluding carboxylic acids is 1. The molecule has 2 aromatic carbocycles. The summed E-state index contributed by atoms with van der Waals surface area (Å²) in [5.41, 5.74) is 6.78. The van der Waals surface area contributed by atoms with Gasteiger partial charge in [-0.3, -0.25) is 4.79 Å². The third-order valence-electron chi connectivity index (χ3n) is 3.55. The van der Waals surface area contributed by atoms with E-state index in [2.05, 4.69) is 11.4 Å². The van der Waals surface area contributed by atoms with E-state index < -0.39 is 0 Å². The highest BCUT2D eigenvalue weighted by Crippen LogP contribution is 2.22. The number of hydrogen-bond acceptors (Lipinski definition) is 2. The largest absolute Gasteiger partial charge is 0.327 e. The zero-order chi connectivity index (χ0) is 14.8. The molecule has 0 aliphatic carbocycles. The molecule has 1 amide bonds. The molecular formula is C17H22N2O. The van der Waals surface area contributed by atoms with Crippen LogP contribution < -0.4 is 11.1 Å². The SMILES string of the molecule is CC(C)(C)C(N)CC(=O)Nc1ccc2ccccc2c1. The van der Waals surface area contributed by atoms with Gasteiger partial charge in [0, 0.05) is 18.2 Å². The monoisotopic (exact) mass is 270 g/mol. The summed E-state index contributed by atoms with van der Waals surface area (Å²) in [4.78, 5) is 12.0. The van der Waals surface area contributed by atoms with Crippen molar-refractivity contribution in [2.75, 3.05) is 5.32 Å². The van der Waals surface area contributed by atoms with Crippen LogP contribution in [0.25, 0.3) is 10.8 Å². The van der Waals surface area contributed by atoms with Gasteiger partial charge in [-0.15, -0.1) is 0 Å². The van der Waals surface area contributed by atoms with Gasteiger partial charge < -0.3 is 11.1 Å². The highest BCUT2D eigenvalue weighted by atomic mass is 16.1. The van der Waals surface area contributed by atoms with E-state index in [-0.39, 0.29) is 17.4 Å². The molecule has 0 saturated carbocycles. The van der Waals surface area contributed by atoms with Crippen molar-refractivity contribution in [1.82, 2.24) is 0 Å². The fourth-order valence-electron chi connectivity index (χ4n) is 1.99. The Bertz CT molecular complexity index is 614. The number of nitrogens with two attached hydrogens (primary N) is 1. The Morgan fingerprint density at radius 2 is 1.80 bits per heavy atom. The summed E-state index contributed by atoms with van der Waals surface area (Å²) < 4.78 is 0. The fourth-order valence-corrected chi connectivity index (χ4v) is 1.99. The average molecular weight is 270 g/mol. The molecule has 0 heterocycles. The van der Waals surface area contributed by atoms with Crippen LogP contribution >= 0.6 is 0 Å². The van der Waals surface area contributed by atoms with Crippen molar-refractivity contribution in [1.29, 1.82) is 0 Å². The Kier molecular flexibility index (Phi) is 4.09. The number of benzene rings is 2. The van der Waals surface area contributed by atoms with Crippen LogP contribution in [0.15, 0.2) is 42.5 Å². The molecule has 0 bridgehead atoms. The lowest BCUT2D eigenvalue weighted by atomic mass is 9.85. The minimum atomic E-state index is -0.150. The van der Waals surface area contributed by atoms with Crippen LogP contribution in [0, 0.1) is 5.41 Å². The fraction of sp³-hybridized carbons (Fsp3) is 0.353. The summed E-state index contributed by atoms with van der Waals surface area (Å²) in [6.45, 7) is 6.13. The summed E-state index contributed by atoms with van der Waals surface area (Å²) in [5, 5.41) is 5.20. The van der Waals surface area contributed by atoms with Crippen molar-refractivity contribution >= 4 is 22.4 Å². The number of anilines is 1. The second-order valence-corrected chi connectivity index (χ2v) is 6.29. The Morgan fingerprint density at radius 3 is 2.45 bits per heavy atom. The van der Waals surface area contributed by atoms with Gasteiger partial charge in [0.1, 0.15) is 0 Å². The molecule has 0 aliphatic rings. The predicted octanol–water partition coefficient (Wildman–Crippen LogP) is 3.54. The quantitative estimate of drug-likeness (QED) is 0.896. The first-order valence-electron chi connectivity index (χ1n) is 6.90. The Hall–Kier alpha value is -1.87. The minimum Gasteiger partial charge on any atom is -0.327 e. The van der Waals surface area contributed by atoms with Crippen LogP contribution in [0.2, 0.25) is 0 Å². The Labute approximate surface area is 120 Å². The van der Waals surface area contributed by atoms with Crippen molar-refractivity contribution in [3.8, 4) is 0 Å². The van der Waals surface area contributed by atoms with Gasteiger partial charge in [0.05, 0.1) is 0 Å². The van der Waals surface area contributed by atoms with Crippen molar-refractivity contribution in [2.24, 2.45) is 11.1 Å². The molecule has 0 aliphatic heterocycles. The van der Waals surface area contributed by atoms with Crippen molar-refractivity contribution < 1.29 is 4.79 Å². The smallest absolute Gasteiger partial charge is 0.225 e. The van der Waals surface area contributed by atoms with Crippen molar-refractivity contribution in [3.63, 3.8) is 0 Å². The molecule has 3 nitrogen and oxygen atoms in total. The molecular weight excluding hydrogens is 248 g/mol. The van der Waals surface area contributed by atoms with Gasteiger partial charge in [0.2, 0.25) is 5.91 Å². The van der Waals surface area contributed by atoms with Crippen LogP contribution in [-0.4, -0.2) is 11.9 Å². The maximum absolute atomic E-state index is 12.0. The lowest BCUT2D eigenvalue weighted by Crippen LogP contribution is -2.38. The number of fused-ring (bicyclic) bond motifs is 1. The number of amides is 1. The topological polar surface area (TPSA) is 55.1 Å². The molecule has 2 rings (SSSR count).